The number of likely N-dealkylation sites (N-methyl/N-ethyl adjacent to an activating group) is 1. The van der Waals surface area contributed by atoms with E-state index in [0.29, 0.717) is 12.4 Å². The molecule has 0 saturated carbocycles. The van der Waals surface area contributed by atoms with Crippen LogP contribution in [0.15, 0.2) is 115 Å². The van der Waals surface area contributed by atoms with Crippen molar-refractivity contribution in [2.45, 2.75) is 31.4 Å². The molecule has 0 aromatic heterocycles. The third-order valence-electron chi connectivity index (χ3n) is 6.53. The maximum Gasteiger partial charge on any atom is 0.326 e. The van der Waals surface area contributed by atoms with Gasteiger partial charge in [0.15, 0.2) is 0 Å². The van der Waals surface area contributed by atoms with Crippen LogP contribution in [-0.4, -0.2) is 35.0 Å². The highest BCUT2D eigenvalue weighted by Gasteiger charge is 2.29. The Morgan fingerprint density at radius 2 is 1.24 bits per heavy atom. The molecule has 1 unspecified atom stereocenters. The van der Waals surface area contributed by atoms with Crippen molar-refractivity contribution in [3.05, 3.63) is 138 Å². The van der Waals surface area contributed by atoms with Crippen molar-refractivity contribution in [2.24, 2.45) is 0 Å². The second-order valence-electron chi connectivity index (χ2n) is 9.06. The normalized spacial score (nSPS) is 11.6. The second-order valence-corrected chi connectivity index (χ2v) is 9.06. The van der Waals surface area contributed by atoms with Gasteiger partial charge < -0.3 is 14.7 Å². The standard InChI is InChI=1S/C32H31NO4/c1-33(31(34)22-29(26-13-7-3-8-14-26)27-15-9-4-10-16-27)30(32(35)36)21-24-17-19-28(20-18-24)37-23-25-11-5-2-6-12-25/h2-20,29-30H,21-23H2,1H3,(H,35,36). The average Bonchev–Trinajstić information content (AvgIpc) is 2.95. The predicted molar refractivity (Wildman–Crippen MR) is 144 cm³/mol. The Morgan fingerprint density at radius 1 is 0.730 bits per heavy atom. The number of benzene rings is 4. The van der Waals surface area contributed by atoms with Gasteiger partial charge in [0.05, 0.1) is 0 Å². The lowest BCUT2D eigenvalue weighted by Crippen LogP contribution is -2.44. The summed E-state index contributed by atoms with van der Waals surface area (Å²) in [5.74, 6) is -0.700. The highest BCUT2D eigenvalue weighted by Crippen LogP contribution is 2.29. The summed E-state index contributed by atoms with van der Waals surface area (Å²) < 4.78 is 5.83. The molecule has 0 radical (unpaired) electrons. The molecule has 0 spiro atoms. The molecule has 37 heavy (non-hydrogen) atoms. The SMILES string of the molecule is CN(C(=O)CC(c1ccccc1)c1ccccc1)C(Cc1ccc(OCc2ccccc2)cc1)C(=O)O. The Morgan fingerprint density at radius 3 is 1.76 bits per heavy atom. The lowest BCUT2D eigenvalue weighted by Gasteiger charge is -2.27. The molecule has 0 aliphatic rings. The van der Waals surface area contributed by atoms with Crippen LogP contribution in [0.25, 0.3) is 0 Å². The van der Waals surface area contributed by atoms with E-state index in [1.165, 1.54) is 4.90 Å². The fraction of sp³-hybridized carbons (Fsp3) is 0.188. The van der Waals surface area contributed by atoms with Gasteiger partial charge in [0, 0.05) is 25.8 Å². The average molecular weight is 494 g/mol. The van der Waals surface area contributed by atoms with Gasteiger partial charge in [-0.2, -0.15) is 0 Å². The molecule has 188 valence electrons. The van der Waals surface area contributed by atoms with Crippen LogP contribution in [0.4, 0.5) is 0 Å². The summed E-state index contributed by atoms with van der Waals surface area (Å²) in [6, 6.07) is 36.0. The van der Waals surface area contributed by atoms with E-state index >= 15 is 0 Å². The lowest BCUT2D eigenvalue weighted by atomic mass is 9.88. The molecule has 4 aromatic carbocycles. The zero-order valence-electron chi connectivity index (χ0n) is 20.9. The topological polar surface area (TPSA) is 66.8 Å². The minimum absolute atomic E-state index is 0.159. The molecule has 0 bridgehead atoms. The minimum atomic E-state index is -1.03. The molecule has 4 aromatic rings. The molecular formula is C32H31NO4. The van der Waals surface area contributed by atoms with Crippen molar-refractivity contribution in [1.82, 2.24) is 4.90 Å². The van der Waals surface area contributed by atoms with Crippen LogP contribution in [0.2, 0.25) is 0 Å². The summed E-state index contributed by atoms with van der Waals surface area (Å²) in [7, 11) is 1.57. The number of ether oxygens (including phenoxy) is 1. The van der Waals surface area contributed by atoms with E-state index < -0.39 is 12.0 Å². The summed E-state index contributed by atoms with van der Waals surface area (Å²) in [5.41, 5.74) is 3.94. The van der Waals surface area contributed by atoms with Crippen LogP contribution in [0.3, 0.4) is 0 Å². The monoisotopic (exact) mass is 493 g/mol. The number of amides is 1. The number of hydrogen-bond acceptors (Lipinski definition) is 3. The summed E-state index contributed by atoms with van der Waals surface area (Å²) >= 11 is 0. The molecular weight excluding hydrogens is 462 g/mol. The fourth-order valence-corrected chi connectivity index (χ4v) is 4.37. The van der Waals surface area contributed by atoms with Crippen LogP contribution in [0, 0.1) is 0 Å². The van der Waals surface area contributed by atoms with E-state index in [1.807, 2.05) is 115 Å². The first-order valence-corrected chi connectivity index (χ1v) is 12.4. The number of carboxylic acid groups (broad SMARTS) is 1. The van der Waals surface area contributed by atoms with Gasteiger partial charge in [0.1, 0.15) is 18.4 Å². The van der Waals surface area contributed by atoms with Crippen LogP contribution < -0.4 is 4.74 Å². The van der Waals surface area contributed by atoms with Crippen LogP contribution in [0.5, 0.6) is 5.75 Å². The smallest absolute Gasteiger partial charge is 0.326 e. The molecule has 1 atom stereocenters. The molecule has 5 nitrogen and oxygen atoms in total. The summed E-state index contributed by atoms with van der Waals surface area (Å²) in [5, 5.41) is 9.97. The molecule has 0 fully saturated rings. The Bertz CT molecular complexity index is 1240. The van der Waals surface area contributed by atoms with Crippen molar-refractivity contribution in [2.75, 3.05) is 7.05 Å². The van der Waals surface area contributed by atoms with Gasteiger partial charge in [-0.05, 0) is 34.4 Å². The Hall–Kier alpha value is -4.38. The first-order valence-electron chi connectivity index (χ1n) is 12.4. The van der Waals surface area contributed by atoms with Gasteiger partial charge in [0.2, 0.25) is 5.91 Å². The Kier molecular flexibility index (Phi) is 8.71. The molecule has 0 heterocycles. The third-order valence-corrected chi connectivity index (χ3v) is 6.53. The number of aliphatic carboxylic acids is 1. The number of hydrogen-bond donors (Lipinski definition) is 1. The first kappa shape index (κ1) is 25.7. The summed E-state index contributed by atoms with van der Waals surface area (Å²) in [4.78, 5) is 26.9. The van der Waals surface area contributed by atoms with Crippen molar-refractivity contribution in [3.63, 3.8) is 0 Å². The van der Waals surface area contributed by atoms with Gasteiger partial charge in [-0.25, -0.2) is 4.79 Å². The van der Waals surface area contributed by atoms with Crippen molar-refractivity contribution in [1.29, 1.82) is 0 Å². The summed E-state index contributed by atoms with van der Waals surface area (Å²) in [6.07, 6.45) is 0.387. The molecule has 0 saturated heterocycles. The predicted octanol–water partition coefficient (Wildman–Crippen LogP) is 5.94. The zero-order chi connectivity index (χ0) is 26.0. The van der Waals surface area contributed by atoms with E-state index in [4.69, 9.17) is 4.74 Å². The van der Waals surface area contributed by atoms with Gasteiger partial charge in [-0.1, -0.05) is 103 Å². The number of carboxylic acids is 1. The van der Waals surface area contributed by atoms with E-state index in [2.05, 4.69) is 0 Å². The number of rotatable bonds is 11. The Balaban J connectivity index is 1.43. The van der Waals surface area contributed by atoms with Gasteiger partial charge in [-0.15, -0.1) is 0 Å². The fourth-order valence-electron chi connectivity index (χ4n) is 4.37. The van der Waals surface area contributed by atoms with E-state index in [0.717, 1.165) is 22.3 Å². The first-order chi connectivity index (χ1) is 18.0. The van der Waals surface area contributed by atoms with E-state index in [-0.39, 0.29) is 24.7 Å². The van der Waals surface area contributed by atoms with Gasteiger partial charge >= 0.3 is 5.97 Å². The molecule has 0 aliphatic carbocycles. The molecule has 0 aliphatic heterocycles. The van der Waals surface area contributed by atoms with Crippen molar-refractivity contribution in [3.8, 4) is 5.75 Å². The van der Waals surface area contributed by atoms with Crippen LogP contribution in [0.1, 0.15) is 34.6 Å². The molecule has 5 heteroatoms. The highest BCUT2D eigenvalue weighted by atomic mass is 16.5. The van der Waals surface area contributed by atoms with Crippen molar-refractivity contribution < 1.29 is 19.4 Å². The van der Waals surface area contributed by atoms with Crippen molar-refractivity contribution >= 4 is 11.9 Å². The number of carbonyl (C=O) groups excluding carboxylic acids is 1. The highest BCUT2D eigenvalue weighted by molar-refractivity contribution is 5.84. The zero-order valence-corrected chi connectivity index (χ0v) is 20.9. The largest absolute Gasteiger partial charge is 0.489 e. The van der Waals surface area contributed by atoms with E-state index in [9.17, 15) is 14.7 Å². The second kappa shape index (κ2) is 12.5. The van der Waals surface area contributed by atoms with Gasteiger partial charge in [-0.3, -0.25) is 4.79 Å². The Labute approximate surface area is 218 Å². The lowest BCUT2D eigenvalue weighted by molar-refractivity contribution is -0.149. The number of nitrogens with zero attached hydrogens (tertiary/aromatic N) is 1. The number of carbonyl (C=O) groups is 2. The quantitative estimate of drug-likeness (QED) is 0.281. The van der Waals surface area contributed by atoms with Crippen LogP contribution >= 0.6 is 0 Å². The van der Waals surface area contributed by atoms with Crippen LogP contribution in [-0.2, 0) is 22.6 Å². The maximum absolute atomic E-state index is 13.4. The third kappa shape index (κ3) is 7.07. The maximum atomic E-state index is 13.4. The minimum Gasteiger partial charge on any atom is -0.489 e. The van der Waals surface area contributed by atoms with E-state index in [1.54, 1.807) is 7.05 Å². The molecule has 4 rings (SSSR count). The molecule has 1 amide bonds. The molecule has 1 N–H and O–H groups in total. The van der Waals surface area contributed by atoms with Gasteiger partial charge in [0.25, 0.3) is 0 Å². The summed E-state index contributed by atoms with van der Waals surface area (Å²) in [6.45, 7) is 0.458.